The number of sulfonamides is 1. The summed E-state index contributed by atoms with van der Waals surface area (Å²) >= 11 is 0. The summed E-state index contributed by atoms with van der Waals surface area (Å²) in [5.74, 6) is 0.191. The van der Waals surface area contributed by atoms with Crippen molar-refractivity contribution in [2.45, 2.75) is 32.1 Å². The van der Waals surface area contributed by atoms with Crippen molar-refractivity contribution < 1.29 is 13.2 Å². The van der Waals surface area contributed by atoms with Crippen molar-refractivity contribution in [3.8, 4) is 0 Å². The summed E-state index contributed by atoms with van der Waals surface area (Å²) in [7, 11) is -3.65. The molecule has 0 unspecified atom stereocenters. The molecule has 0 spiro atoms. The number of anilines is 1. The third-order valence-electron chi connectivity index (χ3n) is 2.85. The van der Waals surface area contributed by atoms with Crippen LogP contribution in [0.25, 0.3) is 0 Å². The molecule has 0 atom stereocenters. The van der Waals surface area contributed by atoms with Gasteiger partial charge in [0.15, 0.2) is 0 Å². The van der Waals surface area contributed by atoms with Gasteiger partial charge in [0.25, 0.3) is 0 Å². The molecule has 7 heteroatoms. The maximum Gasteiger partial charge on any atom is 0.240 e. The van der Waals surface area contributed by atoms with Crippen molar-refractivity contribution in [1.82, 2.24) is 10.0 Å². The largest absolute Gasteiger partial charge is 0.399 e. The van der Waals surface area contributed by atoms with Crippen LogP contribution in [0.2, 0.25) is 0 Å². The van der Waals surface area contributed by atoms with E-state index in [1.165, 1.54) is 6.07 Å². The molecule has 1 aromatic carbocycles. The van der Waals surface area contributed by atoms with E-state index in [2.05, 4.69) is 10.0 Å². The third-order valence-corrected chi connectivity index (χ3v) is 4.46. The van der Waals surface area contributed by atoms with Gasteiger partial charge in [-0.3, -0.25) is 4.79 Å². The van der Waals surface area contributed by atoms with Crippen molar-refractivity contribution in [2.75, 3.05) is 18.8 Å². The highest BCUT2D eigenvalue weighted by atomic mass is 32.2. The molecule has 0 saturated heterocycles. The number of amides is 1. The van der Waals surface area contributed by atoms with E-state index in [4.69, 9.17) is 5.73 Å². The summed E-state index contributed by atoms with van der Waals surface area (Å²) in [5, 5.41) is 2.73. The molecule has 0 heterocycles. The molecule has 4 N–H and O–H groups in total. The van der Waals surface area contributed by atoms with E-state index in [0.29, 0.717) is 23.7 Å². The van der Waals surface area contributed by atoms with Crippen LogP contribution >= 0.6 is 0 Å². The Bertz CT molecular complexity index is 597. The fraction of sp³-hybridized carbons (Fsp3) is 0.500. The molecule has 21 heavy (non-hydrogen) atoms. The molecule has 6 nitrogen and oxygen atoms in total. The van der Waals surface area contributed by atoms with E-state index >= 15 is 0 Å². The first-order chi connectivity index (χ1) is 9.72. The molecule has 1 aromatic rings. The Morgan fingerprint density at radius 2 is 2.00 bits per heavy atom. The summed E-state index contributed by atoms with van der Waals surface area (Å²) in [6.07, 6.45) is 0.104. The van der Waals surface area contributed by atoms with Gasteiger partial charge in [-0.2, -0.15) is 0 Å². The Morgan fingerprint density at radius 3 is 2.62 bits per heavy atom. The van der Waals surface area contributed by atoms with Crippen LogP contribution < -0.4 is 15.8 Å². The molecule has 0 bridgehead atoms. The standard InChI is InChI=1S/C14H23N3O3S/c1-10(2)9-16-14(18)6-7-17-21(19,20)13-8-12(15)5-4-11(13)3/h4-5,8,10,17H,6-7,9,15H2,1-3H3,(H,16,18). The SMILES string of the molecule is Cc1ccc(N)cc1S(=O)(=O)NCCC(=O)NCC(C)C. The molecule has 0 aliphatic rings. The number of aryl methyl sites for hydroxylation is 1. The van der Waals surface area contributed by atoms with Gasteiger partial charge in [0, 0.05) is 25.2 Å². The highest BCUT2D eigenvalue weighted by Crippen LogP contribution is 2.17. The highest BCUT2D eigenvalue weighted by molar-refractivity contribution is 7.89. The zero-order chi connectivity index (χ0) is 16.0. The molecule has 0 aromatic heterocycles. The Morgan fingerprint density at radius 1 is 1.33 bits per heavy atom. The first-order valence-corrected chi connectivity index (χ1v) is 8.33. The average Bonchev–Trinajstić information content (AvgIpc) is 2.39. The number of nitrogens with one attached hydrogen (secondary N) is 2. The zero-order valence-electron chi connectivity index (χ0n) is 12.6. The van der Waals surface area contributed by atoms with Crippen LogP contribution in [0, 0.1) is 12.8 Å². The maximum atomic E-state index is 12.2. The number of nitrogen functional groups attached to an aromatic ring is 1. The molecule has 0 aliphatic carbocycles. The van der Waals surface area contributed by atoms with Crippen LogP contribution in [-0.2, 0) is 14.8 Å². The van der Waals surface area contributed by atoms with Gasteiger partial charge in [0.1, 0.15) is 0 Å². The Balaban J connectivity index is 2.58. The third kappa shape index (κ3) is 5.73. The molecule has 0 fully saturated rings. The van der Waals surface area contributed by atoms with Gasteiger partial charge in [0.05, 0.1) is 4.90 Å². The predicted molar refractivity (Wildman–Crippen MR) is 83.2 cm³/mol. The zero-order valence-corrected chi connectivity index (χ0v) is 13.5. The summed E-state index contributed by atoms with van der Waals surface area (Å²) in [4.78, 5) is 11.7. The lowest BCUT2D eigenvalue weighted by Crippen LogP contribution is -2.32. The smallest absolute Gasteiger partial charge is 0.240 e. The maximum absolute atomic E-state index is 12.2. The molecule has 0 radical (unpaired) electrons. The van der Waals surface area contributed by atoms with Crippen LogP contribution in [0.3, 0.4) is 0 Å². The minimum atomic E-state index is -3.65. The number of nitrogens with two attached hydrogens (primary N) is 1. The molecule has 1 amide bonds. The molecule has 0 saturated carbocycles. The van der Waals surface area contributed by atoms with E-state index in [9.17, 15) is 13.2 Å². The van der Waals surface area contributed by atoms with Crippen LogP contribution in [0.1, 0.15) is 25.8 Å². The minimum Gasteiger partial charge on any atom is -0.399 e. The van der Waals surface area contributed by atoms with Crippen molar-refractivity contribution in [2.24, 2.45) is 5.92 Å². The lowest BCUT2D eigenvalue weighted by Gasteiger charge is -2.11. The molecule has 1 rings (SSSR count). The Labute approximate surface area is 126 Å². The van der Waals surface area contributed by atoms with Gasteiger partial charge in [-0.05, 0) is 30.5 Å². The van der Waals surface area contributed by atoms with Crippen LogP contribution in [-0.4, -0.2) is 27.4 Å². The van der Waals surface area contributed by atoms with Gasteiger partial charge in [-0.25, -0.2) is 13.1 Å². The second-order valence-electron chi connectivity index (χ2n) is 5.37. The average molecular weight is 313 g/mol. The summed E-state index contributed by atoms with van der Waals surface area (Å²) in [6, 6.07) is 4.71. The fourth-order valence-electron chi connectivity index (χ4n) is 1.69. The molecule has 118 valence electrons. The second-order valence-corrected chi connectivity index (χ2v) is 7.11. The molecular weight excluding hydrogens is 290 g/mol. The van der Waals surface area contributed by atoms with E-state index in [1.807, 2.05) is 13.8 Å². The van der Waals surface area contributed by atoms with Crippen molar-refractivity contribution in [1.29, 1.82) is 0 Å². The molecular formula is C14H23N3O3S. The van der Waals surface area contributed by atoms with Crippen LogP contribution in [0.5, 0.6) is 0 Å². The number of carbonyl (C=O) groups is 1. The van der Waals surface area contributed by atoms with Gasteiger partial charge in [-0.15, -0.1) is 0 Å². The lowest BCUT2D eigenvalue weighted by atomic mass is 10.2. The number of hydrogen-bond donors (Lipinski definition) is 3. The van der Waals surface area contributed by atoms with E-state index < -0.39 is 10.0 Å². The molecule has 0 aliphatic heterocycles. The van der Waals surface area contributed by atoms with Crippen LogP contribution in [0.15, 0.2) is 23.1 Å². The fourth-order valence-corrected chi connectivity index (χ4v) is 3.00. The number of carbonyl (C=O) groups excluding carboxylic acids is 1. The first-order valence-electron chi connectivity index (χ1n) is 6.85. The monoisotopic (exact) mass is 313 g/mol. The van der Waals surface area contributed by atoms with Crippen molar-refractivity contribution in [3.63, 3.8) is 0 Å². The van der Waals surface area contributed by atoms with Crippen LogP contribution in [0.4, 0.5) is 5.69 Å². The number of hydrogen-bond acceptors (Lipinski definition) is 4. The lowest BCUT2D eigenvalue weighted by molar-refractivity contribution is -0.121. The van der Waals surface area contributed by atoms with E-state index in [-0.39, 0.29) is 23.8 Å². The Hall–Kier alpha value is -1.60. The summed E-state index contributed by atoms with van der Waals surface area (Å²) < 4.78 is 26.7. The van der Waals surface area contributed by atoms with E-state index in [1.54, 1.807) is 19.1 Å². The van der Waals surface area contributed by atoms with Crippen molar-refractivity contribution in [3.05, 3.63) is 23.8 Å². The van der Waals surface area contributed by atoms with Gasteiger partial charge in [-0.1, -0.05) is 19.9 Å². The predicted octanol–water partition coefficient (Wildman–Crippen LogP) is 1.02. The van der Waals surface area contributed by atoms with Gasteiger partial charge >= 0.3 is 0 Å². The normalized spacial score (nSPS) is 11.6. The number of benzene rings is 1. The highest BCUT2D eigenvalue weighted by Gasteiger charge is 2.17. The van der Waals surface area contributed by atoms with E-state index in [0.717, 1.165) is 0 Å². The minimum absolute atomic E-state index is 0.0561. The quantitative estimate of drug-likeness (QED) is 0.654. The summed E-state index contributed by atoms with van der Waals surface area (Å²) in [6.45, 7) is 6.32. The summed E-state index contributed by atoms with van der Waals surface area (Å²) in [5.41, 5.74) is 6.61. The second kappa shape index (κ2) is 7.42. The van der Waals surface area contributed by atoms with Gasteiger partial charge in [0.2, 0.25) is 15.9 Å². The Kier molecular flexibility index (Phi) is 6.17. The topological polar surface area (TPSA) is 101 Å². The number of rotatable bonds is 7. The van der Waals surface area contributed by atoms with Crippen molar-refractivity contribution >= 4 is 21.6 Å². The van der Waals surface area contributed by atoms with Gasteiger partial charge < -0.3 is 11.1 Å². The first kappa shape index (κ1) is 17.5.